The third-order valence-electron chi connectivity index (χ3n) is 4.86. The van der Waals surface area contributed by atoms with Gasteiger partial charge in [0.05, 0.1) is 0 Å². The maximum atomic E-state index is 12.5. The average Bonchev–Trinajstić information content (AvgIpc) is 2.59. The lowest BCUT2D eigenvalue weighted by Crippen LogP contribution is -2.58. The Morgan fingerprint density at radius 3 is 2.75 bits per heavy atom. The molecule has 1 saturated heterocycles. The normalized spacial score (nSPS) is 22.5. The lowest BCUT2D eigenvalue weighted by atomic mass is 10.0. The number of benzene rings is 1. The summed E-state index contributed by atoms with van der Waals surface area (Å²) in [5.41, 5.74) is -0.0450. The van der Waals surface area contributed by atoms with Crippen molar-refractivity contribution in [3.8, 4) is 5.75 Å². The molecule has 1 amide bonds. The van der Waals surface area contributed by atoms with E-state index >= 15 is 0 Å². The third-order valence-corrected chi connectivity index (χ3v) is 5.97. The van der Waals surface area contributed by atoms with Gasteiger partial charge in [0.15, 0.2) is 6.10 Å². The fraction of sp³-hybridized carbons (Fsp3) is 0.611. The molecule has 2 aliphatic rings. The molecule has 0 aliphatic carbocycles. The van der Waals surface area contributed by atoms with Crippen LogP contribution in [0.25, 0.3) is 0 Å². The summed E-state index contributed by atoms with van der Waals surface area (Å²) in [5.74, 6) is 1.46. The Morgan fingerprint density at radius 2 is 2.00 bits per heavy atom. The minimum absolute atomic E-state index is 0.0146. The molecule has 1 unspecified atom stereocenters. The fourth-order valence-corrected chi connectivity index (χ4v) is 4.07. The number of thioether (sulfide) groups is 1. The summed E-state index contributed by atoms with van der Waals surface area (Å²) in [6, 6.07) is 7.89. The summed E-state index contributed by atoms with van der Waals surface area (Å²) in [7, 11) is 2.15. The summed E-state index contributed by atoms with van der Waals surface area (Å²) < 4.78 is 5.87. The Kier molecular flexibility index (Phi) is 5.37. The predicted molar refractivity (Wildman–Crippen MR) is 97.7 cm³/mol. The molecule has 132 valence electrons. The van der Waals surface area contributed by atoms with E-state index < -0.39 is 6.10 Å². The zero-order valence-electron chi connectivity index (χ0n) is 14.7. The SMILES string of the molecule is CN1CCN(C(C)(C)CNC(=O)C2CSc3ccccc3O2)CC1. The number of carbonyl (C=O) groups excluding carboxylic acids is 1. The molecule has 5 nitrogen and oxygen atoms in total. The molecule has 24 heavy (non-hydrogen) atoms. The van der Waals surface area contributed by atoms with Gasteiger partial charge < -0.3 is 15.0 Å². The minimum atomic E-state index is -0.409. The van der Waals surface area contributed by atoms with Crippen molar-refractivity contribution in [1.82, 2.24) is 15.1 Å². The maximum Gasteiger partial charge on any atom is 0.262 e. The zero-order valence-corrected chi connectivity index (χ0v) is 15.6. The van der Waals surface area contributed by atoms with Gasteiger partial charge in [-0.05, 0) is 33.0 Å². The topological polar surface area (TPSA) is 44.8 Å². The lowest BCUT2D eigenvalue weighted by Gasteiger charge is -2.43. The first-order chi connectivity index (χ1) is 11.5. The van der Waals surface area contributed by atoms with E-state index in [1.54, 1.807) is 11.8 Å². The number of fused-ring (bicyclic) bond motifs is 1. The number of piperazine rings is 1. The highest BCUT2D eigenvalue weighted by Gasteiger charge is 2.32. The van der Waals surface area contributed by atoms with Crippen molar-refractivity contribution in [3.63, 3.8) is 0 Å². The Morgan fingerprint density at radius 1 is 1.29 bits per heavy atom. The van der Waals surface area contributed by atoms with Crippen LogP contribution in [-0.2, 0) is 4.79 Å². The van der Waals surface area contributed by atoms with Gasteiger partial charge in [-0.1, -0.05) is 12.1 Å². The second-order valence-electron chi connectivity index (χ2n) is 7.18. The van der Waals surface area contributed by atoms with Gasteiger partial charge in [0.2, 0.25) is 0 Å². The Bertz CT molecular complexity index is 585. The Balaban J connectivity index is 1.52. The predicted octanol–water partition coefficient (Wildman–Crippen LogP) is 1.68. The number of hydrogen-bond donors (Lipinski definition) is 1. The van der Waals surface area contributed by atoms with Crippen molar-refractivity contribution in [2.75, 3.05) is 45.5 Å². The van der Waals surface area contributed by atoms with Crippen LogP contribution in [0.5, 0.6) is 5.75 Å². The van der Waals surface area contributed by atoms with E-state index in [2.05, 4.69) is 36.0 Å². The lowest BCUT2D eigenvalue weighted by molar-refractivity contribution is -0.127. The zero-order chi connectivity index (χ0) is 17.2. The molecule has 1 aromatic carbocycles. The Hall–Kier alpha value is -1.24. The highest BCUT2D eigenvalue weighted by molar-refractivity contribution is 7.99. The van der Waals surface area contributed by atoms with E-state index in [0.717, 1.165) is 36.8 Å². The first-order valence-electron chi connectivity index (χ1n) is 8.55. The molecule has 0 spiro atoms. The number of nitrogens with one attached hydrogen (secondary N) is 1. The van der Waals surface area contributed by atoms with Gasteiger partial charge in [0.25, 0.3) is 5.91 Å². The number of para-hydroxylation sites is 1. The van der Waals surface area contributed by atoms with Gasteiger partial charge in [-0.25, -0.2) is 0 Å². The number of ether oxygens (including phenoxy) is 1. The minimum Gasteiger partial charge on any atom is -0.479 e. The van der Waals surface area contributed by atoms with E-state index in [9.17, 15) is 4.79 Å². The molecule has 2 heterocycles. The molecular weight excluding hydrogens is 322 g/mol. The molecular formula is C18H27N3O2S. The molecule has 2 aliphatic heterocycles. The molecule has 1 atom stereocenters. The second kappa shape index (κ2) is 7.33. The first-order valence-corrected chi connectivity index (χ1v) is 9.54. The highest BCUT2D eigenvalue weighted by Crippen LogP contribution is 2.34. The summed E-state index contributed by atoms with van der Waals surface area (Å²) in [4.78, 5) is 18.4. The van der Waals surface area contributed by atoms with E-state index in [1.807, 2.05) is 24.3 Å². The van der Waals surface area contributed by atoms with Gasteiger partial charge in [0, 0.05) is 48.9 Å². The number of amides is 1. The molecule has 3 rings (SSSR count). The molecule has 1 aromatic rings. The van der Waals surface area contributed by atoms with Crippen LogP contribution in [0.1, 0.15) is 13.8 Å². The van der Waals surface area contributed by atoms with Crippen LogP contribution in [0.2, 0.25) is 0 Å². The van der Waals surface area contributed by atoms with Crippen molar-refractivity contribution < 1.29 is 9.53 Å². The van der Waals surface area contributed by atoms with E-state index in [1.165, 1.54) is 0 Å². The quantitative estimate of drug-likeness (QED) is 0.896. The van der Waals surface area contributed by atoms with E-state index in [0.29, 0.717) is 12.3 Å². The molecule has 1 N–H and O–H groups in total. The van der Waals surface area contributed by atoms with Crippen LogP contribution in [0.3, 0.4) is 0 Å². The van der Waals surface area contributed by atoms with Crippen LogP contribution >= 0.6 is 11.8 Å². The largest absolute Gasteiger partial charge is 0.479 e. The highest BCUT2D eigenvalue weighted by atomic mass is 32.2. The number of hydrogen-bond acceptors (Lipinski definition) is 5. The summed E-state index contributed by atoms with van der Waals surface area (Å²) in [6.07, 6.45) is -0.409. The average molecular weight is 350 g/mol. The van der Waals surface area contributed by atoms with Crippen LogP contribution in [0.4, 0.5) is 0 Å². The number of rotatable bonds is 4. The number of nitrogens with zero attached hydrogens (tertiary/aromatic N) is 2. The summed E-state index contributed by atoms with van der Waals surface area (Å²) >= 11 is 1.69. The van der Waals surface area contributed by atoms with Crippen LogP contribution in [0.15, 0.2) is 29.2 Å². The van der Waals surface area contributed by atoms with Crippen LogP contribution in [0, 0.1) is 0 Å². The molecule has 0 aromatic heterocycles. The van der Waals surface area contributed by atoms with Crippen LogP contribution < -0.4 is 10.1 Å². The van der Waals surface area contributed by atoms with Gasteiger partial charge in [0.1, 0.15) is 5.75 Å². The van der Waals surface area contributed by atoms with Gasteiger partial charge in [-0.3, -0.25) is 9.69 Å². The molecule has 6 heteroatoms. The molecule has 1 fully saturated rings. The number of likely N-dealkylation sites (N-methyl/N-ethyl adjacent to an activating group) is 1. The van der Waals surface area contributed by atoms with Crippen molar-refractivity contribution in [1.29, 1.82) is 0 Å². The van der Waals surface area contributed by atoms with Crippen molar-refractivity contribution in [2.45, 2.75) is 30.4 Å². The summed E-state index contributed by atoms with van der Waals surface area (Å²) in [6.45, 7) is 9.29. The third kappa shape index (κ3) is 4.05. The molecule has 0 bridgehead atoms. The van der Waals surface area contributed by atoms with Crippen molar-refractivity contribution in [2.24, 2.45) is 0 Å². The molecule has 0 saturated carbocycles. The van der Waals surface area contributed by atoms with E-state index in [-0.39, 0.29) is 11.4 Å². The standard InChI is InChI=1S/C18H27N3O2S/c1-18(2,21-10-8-20(3)9-11-21)13-19-17(22)15-12-24-16-7-5-4-6-14(16)23-15/h4-7,15H,8-13H2,1-3H3,(H,19,22). The smallest absolute Gasteiger partial charge is 0.262 e. The summed E-state index contributed by atoms with van der Waals surface area (Å²) in [5, 5.41) is 3.10. The van der Waals surface area contributed by atoms with Crippen molar-refractivity contribution in [3.05, 3.63) is 24.3 Å². The maximum absolute atomic E-state index is 12.5. The van der Waals surface area contributed by atoms with Crippen molar-refractivity contribution >= 4 is 17.7 Å². The van der Waals surface area contributed by atoms with Gasteiger partial charge >= 0.3 is 0 Å². The number of carbonyl (C=O) groups is 1. The van der Waals surface area contributed by atoms with Gasteiger partial charge in [-0.2, -0.15) is 0 Å². The monoisotopic (exact) mass is 349 g/mol. The second-order valence-corrected chi connectivity index (χ2v) is 8.25. The van der Waals surface area contributed by atoms with Gasteiger partial charge in [-0.15, -0.1) is 11.8 Å². The fourth-order valence-electron chi connectivity index (χ4n) is 3.09. The first kappa shape index (κ1) is 17.6. The van der Waals surface area contributed by atoms with Crippen LogP contribution in [-0.4, -0.2) is 72.9 Å². The Labute approximate surface area is 148 Å². The van der Waals surface area contributed by atoms with E-state index in [4.69, 9.17) is 4.74 Å². The molecule has 0 radical (unpaired) electrons.